The minimum atomic E-state index is -0.527. The van der Waals surface area contributed by atoms with E-state index >= 15 is 0 Å². The second-order valence-corrected chi connectivity index (χ2v) is 10.1. The van der Waals surface area contributed by atoms with Crippen molar-refractivity contribution in [3.63, 3.8) is 0 Å². The predicted molar refractivity (Wildman–Crippen MR) is 140 cm³/mol. The summed E-state index contributed by atoms with van der Waals surface area (Å²) >= 11 is 4.37. The molecule has 2 N–H and O–H groups in total. The van der Waals surface area contributed by atoms with Gasteiger partial charge in [-0.3, -0.25) is 9.59 Å². The summed E-state index contributed by atoms with van der Waals surface area (Å²) in [5, 5.41) is 14.8. The van der Waals surface area contributed by atoms with Gasteiger partial charge in [0.15, 0.2) is 11.0 Å². The molecule has 1 atom stereocenters. The summed E-state index contributed by atoms with van der Waals surface area (Å²) in [4.78, 5) is 25.3. The molecule has 0 aliphatic carbocycles. The number of nitrogens with one attached hydrogen (secondary N) is 2. The molecule has 0 aliphatic heterocycles. The number of carbonyl (C=O) groups excluding carboxylic acids is 2. The summed E-state index contributed by atoms with van der Waals surface area (Å²) in [6.07, 6.45) is 2.36. The van der Waals surface area contributed by atoms with Crippen molar-refractivity contribution in [2.75, 3.05) is 11.1 Å². The van der Waals surface area contributed by atoms with E-state index in [2.05, 4.69) is 57.2 Å². The van der Waals surface area contributed by atoms with Crippen LogP contribution in [-0.2, 0) is 11.3 Å². The standard InChI is InChI=1S/C25H27BrFN5O2S/c1-4-12-32-23(21(13-16(2)3)29-24(34)17-8-6-5-7-9-17)30-31-25(32)35-15-22(33)28-20-11-10-18(26)14-19(20)27/h4-11,14,16,21H,1,12-13,15H2,2-3H3,(H,28,33)(H,29,34). The summed E-state index contributed by atoms with van der Waals surface area (Å²) in [5.74, 6) is -0.217. The van der Waals surface area contributed by atoms with Gasteiger partial charge in [0.2, 0.25) is 5.91 Å². The van der Waals surface area contributed by atoms with E-state index in [0.717, 1.165) is 0 Å². The van der Waals surface area contributed by atoms with Gasteiger partial charge >= 0.3 is 0 Å². The van der Waals surface area contributed by atoms with Crippen molar-refractivity contribution < 1.29 is 14.0 Å². The number of hydrogen-bond donors (Lipinski definition) is 2. The van der Waals surface area contributed by atoms with Gasteiger partial charge in [0.25, 0.3) is 5.91 Å². The molecule has 2 amide bonds. The van der Waals surface area contributed by atoms with Crippen LogP contribution in [0.15, 0.2) is 70.8 Å². The minimum Gasteiger partial charge on any atom is -0.342 e. The average Bonchev–Trinajstić information content (AvgIpc) is 3.22. The third-order valence-electron chi connectivity index (χ3n) is 4.95. The molecule has 184 valence electrons. The molecule has 0 fully saturated rings. The highest BCUT2D eigenvalue weighted by molar-refractivity contribution is 9.10. The zero-order valence-corrected chi connectivity index (χ0v) is 21.9. The quantitative estimate of drug-likeness (QED) is 0.235. The van der Waals surface area contributed by atoms with E-state index in [9.17, 15) is 14.0 Å². The molecule has 10 heteroatoms. The lowest BCUT2D eigenvalue weighted by Crippen LogP contribution is -2.31. The molecule has 0 saturated carbocycles. The zero-order valence-electron chi connectivity index (χ0n) is 19.5. The van der Waals surface area contributed by atoms with Crippen LogP contribution in [-0.4, -0.2) is 32.3 Å². The highest BCUT2D eigenvalue weighted by atomic mass is 79.9. The van der Waals surface area contributed by atoms with Crippen molar-refractivity contribution in [1.29, 1.82) is 0 Å². The van der Waals surface area contributed by atoms with E-state index in [1.807, 2.05) is 22.8 Å². The second-order valence-electron chi connectivity index (χ2n) is 8.22. The fraction of sp³-hybridized carbons (Fsp3) is 0.280. The lowest BCUT2D eigenvalue weighted by Gasteiger charge is -2.21. The minimum absolute atomic E-state index is 0.00992. The zero-order chi connectivity index (χ0) is 25.4. The monoisotopic (exact) mass is 559 g/mol. The smallest absolute Gasteiger partial charge is 0.251 e. The molecule has 0 radical (unpaired) electrons. The van der Waals surface area contributed by atoms with Gasteiger partial charge in [0.05, 0.1) is 17.5 Å². The first-order valence-corrected chi connectivity index (χ1v) is 12.8. The first-order valence-electron chi connectivity index (χ1n) is 11.1. The summed E-state index contributed by atoms with van der Waals surface area (Å²) in [6.45, 7) is 8.36. The van der Waals surface area contributed by atoms with Crippen LogP contribution in [0.1, 0.15) is 42.5 Å². The Morgan fingerprint density at radius 3 is 2.60 bits per heavy atom. The van der Waals surface area contributed by atoms with Crippen molar-refractivity contribution in [2.45, 2.75) is 38.0 Å². The molecular formula is C25H27BrFN5O2S. The number of thioether (sulfide) groups is 1. The Hall–Kier alpha value is -2.98. The van der Waals surface area contributed by atoms with E-state index in [4.69, 9.17) is 0 Å². The predicted octanol–water partition coefficient (Wildman–Crippen LogP) is 5.61. The summed E-state index contributed by atoms with van der Waals surface area (Å²) < 4.78 is 16.5. The van der Waals surface area contributed by atoms with Crippen LogP contribution in [0.25, 0.3) is 0 Å². The largest absolute Gasteiger partial charge is 0.342 e. The van der Waals surface area contributed by atoms with Crippen LogP contribution in [0.4, 0.5) is 10.1 Å². The van der Waals surface area contributed by atoms with Crippen LogP contribution in [0.5, 0.6) is 0 Å². The number of halogens is 2. The Labute approximate surface area is 216 Å². The van der Waals surface area contributed by atoms with Crippen LogP contribution < -0.4 is 10.6 Å². The van der Waals surface area contributed by atoms with E-state index < -0.39 is 5.82 Å². The van der Waals surface area contributed by atoms with Gasteiger partial charge in [-0.2, -0.15) is 0 Å². The normalized spacial score (nSPS) is 11.8. The molecule has 35 heavy (non-hydrogen) atoms. The number of amides is 2. The molecular weight excluding hydrogens is 533 g/mol. The number of anilines is 1. The summed E-state index contributed by atoms with van der Waals surface area (Å²) in [6, 6.07) is 13.0. The highest BCUT2D eigenvalue weighted by Gasteiger charge is 2.25. The molecule has 0 saturated heterocycles. The van der Waals surface area contributed by atoms with E-state index in [-0.39, 0.29) is 35.2 Å². The van der Waals surface area contributed by atoms with Crippen LogP contribution in [0.3, 0.4) is 0 Å². The maximum Gasteiger partial charge on any atom is 0.251 e. The van der Waals surface area contributed by atoms with E-state index in [1.54, 1.807) is 24.3 Å². The number of hydrogen-bond acceptors (Lipinski definition) is 5. The molecule has 0 bridgehead atoms. The maximum atomic E-state index is 14.0. The van der Waals surface area contributed by atoms with Crippen molar-refractivity contribution in [1.82, 2.24) is 20.1 Å². The summed E-state index contributed by atoms with van der Waals surface area (Å²) in [5.41, 5.74) is 0.662. The third kappa shape index (κ3) is 7.50. The fourth-order valence-corrected chi connectivity index (χ4v) is 4.49. The molecule has 0 spiro atoms. The Bertz CT molecular complexity index is 1190. The molecule has 1 aromatic heterocycles. The van der Waals surface area contributed by atoms with Gasteiger partial charge < -0.3 is 15.2 Å². The second kappa shape index (κ2) is 12.6. The molecule has 1 heterocycles. The third-order valence-corrected chi connectivity index (χ3v) is 6.41. The van der Waals surface area contributed by atoms with Crippen LogP contribution in [0, 0.1) is 11.7 Å². The topological polar surface area (TPSA) is 88.9 Å². The van der Waals surface area contributed by atoms with Gasteiger partial charge in [-0.25, -0.2) is 4.39 Å². The number of allylic oxidation sites excluding steroid dienone is 1. The Kier molecular flexibility index (Phi) is 9.62. The number of rotatable bonds is 11. The summed E-state index contributed by atoms with van der Waals surface area (Å²) in [7, 11) is 0. The van der Waals surface area contributed by atoms with Crippen molar-refractivity contribution in [3.05, 3.63) is 82.9 Å². The number of nitrogens with zero attached hydrogens (tertiary/aromatic N) is 3. The maximum absolute atomic E-state index is 14.0. The Morgan fingerprint density at radius 2 is 1.94 bits per heavy atom. The number of benzene rings is 2. The van der Waals surface area contributed by atoms with Gasteiger partial charge in [-0.05, 0) is 42.7 Å². The molecule has 7 nitrogen and oxygen atoms in total. The molecule has 3 rings (SSSR count). The SMILES string of the molecule is C=CCn1c(SCC(=O)Nc2ccc(Br)cc2F)nnc1C(CC(C)C)NC(=O)c1ccccc1. The van der Waals surface area contributed by atoms with Gasteiger partial charge in [0, 0.05) is 16.6 Å². The lowest BCUT2D eigenvalue weighted by atomic mass is 10.0. The first kappa shape index (κ1) is 26.6. The average molecular weight is 560 g/mol. The van der Waals surface area contributed by atoms with E-state index in [0.29, 0.717) is 34.0 Å². The van der Waals surface area contributed by atoms with Gasteiger partial charge in [-0.1, -0.05) is 65.8 Å². The lowest BCUT2D eigenvalue weighted by molar-refractivity contribution is -0.113. The Balaban J connectivity index is 1.76. The molecule has 1 unspecified atom stereocenters. The van der Waals surface area contributed by atoms with Crippen molar-refractivity contribution in [3.8, 4) is 0 Å². The van der Waals surface area contributed by atoms with Crippen LogP contribution >= 0.6 is 27.7 Å². The first-order chi connectivity index (χ1) is 16.8. The Morgan fingerprint density at radius 1 is 1.20 bits per heavy atom. The molecule has 0 aliphatic rings. The number of aromatic nitrogens is 3. The van der Waals surface area contributed by atoms with Crippen molar-refractivity contribution >= 4 is 45.2 Å². The molecule has 3 aromatic rings. The van der Waals surface area contributed by atoms with Gasteiger partial charge in [0.1, 0.15) is 5.82 Å². The van der Waals surface area contributed by atoms with Gasteiger partial charge in [-0.15, -0.1) is 16.8 Å². The van der Waals surface area contributed by atoms with Crippen LogP contribution in [0.2, 0.25) is 0 Å². The van der Waals surface area contributed by atoms with Crippen molar-refractivity contribution in [2.24, 2.45) is 5.92 Å². The van der Waals surface area contributed by atoms with E-state index in [1.165, 1.54) is 23.9 Å². The highest BCUT2D eigenvalue weighted by Crippen LogP contribution is 2.26. The molecule has 2 aromatic carbocycles. The number of carbonyl (C=O) groups is 2. The fourth-order valence-electron chi connectivity index (χ4n) is 3.40.